The Balaban J connectivity index is 1.64. The maximum atomic E-state index is 12.7. The van der Waals surface area contributed by atoms with E-state index in [0.29, 0.717) is 9.75 Å². The van der Waals surface area contributed by atoms with E-state index in [9.17, 15) is 18.3 Å². The van der Waals surface area contributed by atoms with Crippen LogP contribution in [0.25, 0.3) is 0 Å². The number of hydrogen-bond acceptors (Lipinski definition) is 4. The minimum Gasteiger partial charge on any atom is -0.480 e. The number of benzene rings is 1. The molecule has 27 heavy (non-hydrogen) atoms. The number of sulfonamides is 1. The van der Waals surface area contributed by atoms with Gasteiger partial charge in [-0.25, -0.2) is 8.42 Å². The van der Waals surface area contributed by atoms with Crippen molar-refractivity contribution in [1.29, 1.82) is 0 Å². The van der Waals surface area contributed by atoms with Crippen molar-refractivity contribution in [3.63, 3.8) is 0 Å². The lowest BCUT2D eigenvalue weighted by Gasteiger charge is -2.21. The van der Waals surface area contributed by atoms with E-state index >= 15 is 0 Å². The van der Waals surface area contributed by atoms with Gasteiger partial charge in [0.2, 0.25) is 10.0 Å². The first-order chi connectivity index (χ1) is 12.9. The summed E-state index contributed by atoms with van der Waals surface area (Å²) in [4.78, 5) is 12.9. The van der Waals surface area contributed by atoms with Crippen molar-refractivity contribution < 1.29 is 18.3 Å². The molecule has 1 aromatic carbocycles. The average molecular weight is 404 g/mol. The van der Waals surface area contributed by atoms with Crippen LogP contribution in [-0.4, -0.2) is 29.8 Å². The largest absolute Gasteiger partial charge is 0.480 e. The van der Waals surface area contributed by atoms with Crippen LogP contribution in [0.15, 0.2) is 41.3 Å². The molecule has 0 saturated heterocycles. The molecule has 0 amide bonds. The normalized spacial score (nSPS) is 16.3. The molecule has 2 aromatic rings. The molecule has 1 aromatic heterocycles. The van der Waals surface area contributed by atoms with Gasteiger partial charge in [0.25, 0.3) is 0 Å². The Kier molecular flexibility index (Phi) is 6.00. The summed E-state index contributed by atoms with van der Waals surface area (Å²) in [6.45, 7) is 1.79. The quantitative estimate of drug-likeness (QED) is 0.592. The zero-order valence-electron chi connectivity index (χ0n) is 15.0. The third kappa shape index (κ3) is 4.24. The number of carboxylic acid groups (broad SMARTS) is 1. The van der Waals surface area contributed by atoms with Gasteiger partial charge in [-0.2, -0.15) is 4.31 Å². The summed E-state index contributed by atoms with van der Waals surface area (Å²) in [5.74, 6) is 5.04. The Hall–Kier alpha value is -2.14. The molecule has 1 atom stereocenters. The minimum absolute atomic E-state index is 0.114. The Bertz CT molecular complexity index is 984. The van der Waals surface area contributed by atoms with E-state index < -0.39 is 22.0 Å². The molecule has 2 heterocycles. The van der Waals surface area contributed by atoms with Crippen molar-refractivity contribution in [2.24, 2.45) is 0 Å². The second kappa shape index (κ2) is 8.26. The number of carboxylic acids is 1. The number of aryl methyl sites for hydroxylation is 1. The first-order valence-electron chi connectivity index (χ1n) is 8.83. The van der Waals surface area contributed by atoms with Crippen LogP contribution in [0.2, 0.25) is 0 Å². The maximum absolute atomic E-state index is 12.7. The molecule has 0 spiro atoms. The average Bonchev–Trinajstić information content (AvgIpc) is 3.14. The van der Waals surface area contributed by atoms with Gasteiger partial charge < -0.3 is 5.11 Å². The molecule has 0 bridgehead atoms. The van der Waals surface area contributed by atoms with E-state index in [1.165, 1.54) is 16.9 Å². The Morgan fingerprint density at radius 2 is 2.07 bits per heavy atom. The van der Waals surface area contributed by atoms with E-state index in [1.807, 2.05) is 18.2 Å². The molecule has 0 radical (unpaired) electrons. The van der Waals surface area contributed by atoms with Crippen LogP contribution < -0.4 is 0 Å². The molecule has 0 fully saturated rings. The molecular formula is C20H21NO4S2. The molecular weight excluding hydrogens is 382 g/mol. The summed E-state index contributed by atoms with van der Waals surface area (Å²) in [5.41, 5.74) is 1.28. The van der Waals surface area contributed by atoms with E-state index in [0.717, 1.165) is 23.6 Å². The lowest BCUT2D eigenvalue weighted by Crippen LogP contribution is -2.40. The molecule has 142 valence electrons. The first kappa shape index (κ1) is 19.6. The number of hydrogen-bond donors (Lipinski definition) is 1. The van der Waals surface area contributed by atoms with Crippen LogP contribution in [0.4, 0.5) is 0 Å². The van der Waals surface area contributed by atoms with Crippen LogP contribution >= 0.6 is 11.3 Å². The summed E-state index contributed by atoms with van der Waals surface area (Å²) >= 11 is 1.33. The van der Waals surface area contributed by atoms with E-state index in [2.05, 4.69) is 24.0 Å². The number of aliphatic carboxylic acids is 1. The SMILES string of the molecule is CCC(C(=O)O)N1Cc2sc(C#CCCCc3ccccc3)cc2S1(=O)=O. The van der Waals surface area contributed by atoms with E-state index in [1.54, 1.807) is 13.0 Å². The molecule has 7 heteroatoms. The molecule has 1 aliphatic heterocycles. The molecule has 0 saturated carbocycles. The fraction of sp³-hybridized carbons (Fsp3) is 0.350. The summed E-state index contributed by atoms with van der Waals surface area (Å²) in [7, 11) is -3.76. The van der Waals surface area contributed by atoms with E-state index in [-0.39, 0.29) is 17.9 Å². The smallest absolute Gasteiger partial charge is 0.322 e. The molecule has 1 N–H and O–H groups in total. The van der Waals surface area contributed by atoms with Gasteiger partial charge >= 0.3 is 5.97 Å². The zero-order chi connectivity index (χ0) is 19.4. The van der Waals surface area contributed by atoms with Gasteiger partial charge in [-0.3, -0.25) is 4.79 Å². The highest BCUT2D eigenvalue weighted by Crippen LogP contribution is 2.38. The number of rotatable bonds is 6. The number of unbranched alkanes of at least 4 members (excludes halogenated alkanes) is 1. The Morgan fingerprint density at radius 3 is 2.70 bits per heavy atom. The molecule has 1 unspecified atom stereocenters. The van der Waals surface area contributed by atoms with Crippen molar-refractivity contribution in [1.82, 2.24) is 4.31 Å². The predicted octanol–water partition coefficient (Wildman–Crippen LogP) is 3.49. The monoisotopic (exact) mass is 403 g/mol. The van der Waals surface area contributed by atoms with Crippen LogP contribution in [0.3, 0.4) is 0 Å². The van der Waals surface area contributed by atoms with Gasteiger partial charge in [0, 0.05) is 11.3 Å². The maximum Gasteiger partial charge on any atom is 0.322 e. The lowest BCUT2D eigenvalue weighted by molar-refractivity contribution is -0.141. The summed E-state index contributed by atoms with van der Waals surface area (Å²) < 4.78 is 26.4. The highest BCUT2D eigenvalue weighted by Gasteiger charge is 2.42. The first-order valence-corrected chi connectivity index (χ1v) is 11.1. The molecule has 3 rings (SSSR count). The summed E-state index contributed by atoms with van der Waals surface area (Å²) in [6, 6.07) is 10.8. The van der Waals surface area contributed by atoms with Gasteiger partial charge in [0.1, 0.15) is 6.04 Å². The highest BCUT2D eigenvalue weighted by atomic mass is 32.2. The van der Waals surface area contributed by atoms with Gasteiger partial charge in [0.05, 0.1) is 16.3 Å². The van der Waals surface area contributed by atoms with Crippen molar-refractivity contribution in [3.8, 4) is 11.8 Å². The topological polar surface area (TPSA) is 74.7 Å². The Morgan fingerprint density at radius 1 is 1.33 bits per heavy atom. The van der Waals surface area contributed by atoms with Crippen molar-refractivity contribution in [3.05, 3.63) is 51.7 Å². The standard InChI is InChI=1S/C20H21NO4S2/c1-2-17(20(22)23)21-14-18-19(27(21,24)25)13-16(26-18)12-8-4-7-11-15-9-5-3-6-10-15/h3,5-6,9-10,13,17H,2,4,7,11,14H2,1H3,(H,22,23). The van der Waals surface area contributed by atoms with Crippen molar-refractivity contribution in [2.75, 3.05) is 0 Å². The van der Waals surface area contributed by atoms with E-state index in [4.69, 9.17) is 0 Å². The number of carbonyl (C=O) groups is 1. The predicted molar refractivity (Wildman–Crippen MR) is 105 cm³/mol. The summed E-state index contributed by atoms with van der Waals surface area (Å²) in [6.07, 6.45) is 2.89. The number of nitrogens with zero attached hydrogens (tertiary/aromatic N) is 1. The fourth-order valence-corrected chi connectivity index (χ4v) is 6.38. The third-order valence-electron chi connectivity index (χ3n) is 4.50. The van der Waals surface area contributed by atoms with Gasteiger partial charge in [-0.1, -0.05) is 49.1 Å². The van der Waals surface area contributed by atoms with Crippen molar-refractivity contribution >= 4 is 27.3 Å². The number of fused-ring (bicyclic) bond motifs is 1. The second-order valence-electron chi connectivity index (χ2n) is 6.35. The van der Waals surface area contributed by atoms with Gasteiger partial charge in [-0.15, -0.1) is 11.3 Å². The van der Waals surface area contributed by atoms with Gasteiger partial charge in [-0.05, 0) is 30.9 Å². The highest BCUT2D eigenvalue weighted by molar-refractivity contribution is 7.89. The minimum atomic E-state index is -3.76. The van der Waals surface area contributed by atoms with Crippen LogP contribution in [0, 0.1) is 11.8 Å². The molecule has 5 nitrogen and oxygen atoms in total. The third-order valence-corrected chi connectivity index (χ3v) is 7.58. The zero-order valence-corrected chi connectivity index (χ0v) is 16.6. The summed E-state index contributed by atoms with van der Waals surface area (Å²) in [5, 5.41) is 9.26. The fourth-order valence-electron chi connectivity index (χ4n) is 3.11. The molecule has 1 aliphatic rings. The number of thiophene rings is 1. The van der Waals surface area contributed by atoms with Crippen LogP contribution in [-0.2, 0) is 27.8 Å². The second-order valence-corrected chi connectivity index (χ2v) is 9.35. The van der Waals surface area contributed by atoms with Crippen LogP contribution in [0.1, 0.15) is 41.5 Å². The van der Waals surface area contributed by atoms with Crippen LogP contribution in [0.5, 0.6) is 0 Å². The van der Waals surface area contributed by atoms with Crippen molar-refractivity contribution in [2.45, 2.75) is 50.1 Å². The Labute approximate surface area is 163 Å². The van der Waals surface area contributed by atoms with Gasteiger partial charge in [0.15, 0.2) is 0 Å². The molecule has 0 aliphatic carbocycles. The lowest BCUT2D eigenvalue weighted by atomic mass is 10.1.